The Kier molecular flexibility index (Phi) is 78.8. The molecule has 0 aromatic heterocycles. The van der Waals surface area contributed by atoms with Crippen molar-refractivity contribution in [2.45, 2.75) is 41.5 Å². The van der Waals surface area contributed by atoms with Gasteiger partial charge < -0.3 is 28.4 Å². The number of hydrogen-bond acceptors (Lipinski definition) is 0. The van der Waals surface area contributed by atoms with Crippen LogP contribution in [0.4, 0.5) is 0 Å². The Labute approximate surface area is 131 Å². The molecule has 0 aliphatic carbocycles. The molecule has 0 amide bonds. The Morgan fingerprint density at radius 3 is 0.588 bits per heavy atom. The number of halogens is 1. The predicted octanol–water partition coefficient (Wildman–Crippen LogP) is 1.20. The summed E-state index contributed by atoms with van der Waals surface area (Å²) in [7, 11) is 0. The molecule has 3 nitrogen and oxygen atoms in total. The van der Waals surface area contributed by atoms with Crippen LogP contribution < -0.4 is 12.4 Å². The molecule has 5 heteroatoms. The van der Waals surface area contributed by atoms with Gasteiger partial charge in [-0.3, -0.25) is 0 Å². The van der Waals surface area contributed by atoms with Crippen LogP contribution in [0.1, 0.15) is 41.5 Å². The Hall–Kier alpha value is 0.884. The van der Waals surface area contributed by atoms with Crippen molar-refractivity contribution in [1.82, 2.24) is 0 Å². The zero-order valence-electron chi connectivity index (χ0n) is 12.5. The fourth-order valence-electron chi connectivity index (χ4n) is 0.671. The smallest absolute Gasteiger partial charge is 1.00 e. The molecule has 0 N–H and O–H groups in total. The summed E-state index contributed by atoms with van der Waals surface area (Å²) in [5.74, 6) is 0. The van der Waals surface area contributed by atoms with Crippen molar-refractivity contribution in [2.24, 2.45) is 0 Å². The third-order valence-electron chi connectivity index (χ3n) is 1.34. The number of hydrogen-bond donors (Lipinski definition) is 0. The zero-order valence-corrected chi connectivity index (χ0v) is 14.8. The van der Waals surface area contributed by atoms with Gasteiger partial charge in [-0.1, -0.05) is 41.5 Å². The largest absolute Gasteiger partial charge is 3.00 e. The zero-order chi connectivity index (χ0) is 12.4. The van der Waals surface area contributed by atoms with Gasteiger partial charge in [-0.25, -0.2) is 0 Å². The number of nitrogens with zero attached hydrogens (tertiary/aromatic N) is 3. The van der Waals surface area contributed by atoms with Crippen molar-refractivity contribution in [3.63, 3.8) is 0 Å². The molecule has 0 aromatic carbocycles. The van der Waals surface area contributed by atoms with Crippen LogP contribution in [0.15, 0.2) is 0 Å². The topological polar surface area (TPSA) is 42.3 Å². The molecular formula is C12H30ClN3Ti-. The van der Waals surface area contributed by atoms with Gasteiger partial charge in [0.1, 0.15) is 0 Å². The molecule has 105 valence electrons. The fraction of sp³-hybridized carbons (Fsp3) is 1.00. The summed E-state index contributed by atoms with van der Waals surface area (Å²) in [6, 6.07) is 0. The molecule has 0 fully saturated rings. The van der Waals surface area contributed by atoms with Gasteiger partial charge in [0.15, 0.2) is 0 Å². The maximum absolute atomic E-state index is 3.97. The first-order valence-corrected chi connectivity index (χ1v) is 6.14. The summed E-state index contributed by atoms with van der Waals surface area (Å²) >= 11 is 0. The van der Waals surface area contributed by atoms with Crippen molar-refractivity contribution >= 4 is 0 Å². The van der Waals surface area contributed by atoms with Crippen LogP contribution in [0.2, 0.25) is 0 Å². The van der Waals surface area contributed by atoms with Gasteiger partial charge in [0, 0.05) is 0 Å². The molecular weight excluding hydrogens is 269 g/mol. The van der Waals surface area contributed by atoms with Gasteiger partial charge in [0.05, 0.1) is 0 Å². The van der Waals surface area contributed by atoms with Crippen molar-refractivity contribution < 1.29 is 34.1 Å². The van der Waals surface area contributed by atoms with E-state index in [1.165, 1.54) is 0 Å². The third-order valence-corrected chi connectivity index (χ3v) is 1.34. The molecule has 0 atom stereocenters. The van der Waals surface area contributed by atoms with E-state index in [9.17, 15) is 0 Å². The van der Waals surface area contributed by atoms with Crippen LogP contribution in [0, 0.1) is 0 Å². The Balaban J connectivity index is -0.0000000400. The van der Waals surface area contributed by atoms with Gasteiger partial charge in [0.2, 0.25) is 0 Å². The molecule has 0 saturated carbocycles. The second-order valence-corrected chi connectivity index (χ2v) is 2.57. The van der Waals surface area contributed by atoms with E-state index in [0.717, 1.165) is 39.3 Å². The summed E-state index contributed by atoms with van der Waals surface area (Å²) in [4.78, 5) is 0. The van der Waals surface area contributed by atoms with Crippen molar-refractivity contribution in [3.8, 4) is 0 Å². The minimum Gasteiger partial charge on any atom is -1.00 e. The molecule has 0 aliphatic rings. The maximum Gasteiger partial charge on any atom is 3.00 e. The second kappa shape index (κ2) is 43.6. The molecule has 0 saturated heterocycles. The average Bonchev–Trinajstić information content (AvgIpc) is 2.23. The van der Waals surface area contributed by atoms with Crippen LogP contribution in [-0.2, 0) is 21.7 Å². The second-order valence-electron chi connectivity index (χ2n) is 2.57. The van der Waals surface area contributed by atoms with Gasteiger partial charge >= 0.3 is 21.7 Å². The summed E-state index contributed by atoms with van der Waals surface area (Å²) < 4.78 is 0. The van der Waals surface area contributed by atoms with E-state index in [1.807, 2.05) is 41.5 Å². The summed E-state index contributed by atoms with van der Waals surface area (Å²) in [6.45, 7) is 18.1. The van der Waals surface area contributed by atoms with Crippen LogP contribution in [-0.4, -0.2) is 39.3 Å². The van der Waals surface area contributed by atoms with Gasteiger partial charge in [-0.05, 0) is 0 Å². The summed E-state index contributed by atoms with van der Waals surface area (Å²) in [6.07, 6.45) is 0. The molecule has 0 aliphatic heterocycles. The maximum atomic E-state index is 3.97. The molecule has 0 spiro atoms. The standard InChI is InChI=1S/3C4H10N.ClH.Ti/c3*1-3-5-4-2;;/h3*3-4H2,1-2H3;1H;/q3*-1;;+3/p-1. The molecule has 0 aromatic rings. The van der Waals surface area contributed by atoms with E-state index < -0.39 is 0 Å². The first-order valence-electron chi connectivity index (χ1n) is 6.14. The Morgan fingerprint density at radius 1 is 0.471 bits per heavy atom. The first-order chi connectivity index (χ1) is 7.24. The number of rotatable bonds is 6. The Bertz CT molecular complexity index is 58.5. The van der Waals surface area contributed by atoms with Crippen LogP contribution >= 0.6 is 0 Å². The monoisotopic (exact) mass is 299 g/mol. The fourth-order valence-corrected chi connectivity index (χ4v) is 0.671. The van der Waals surface area contributed by atoms with Crippen LogP contribution in [0.5, 0.6) is 0 Å². The Morgan fingerprint density at radius 2 is 0.588 bits per heavy atom. The average molecular weight is 300 g/mol. The minimum atomic E-state index is 0. The molecule has 0 rings (SSSR count). The van der Waals surface area contributed by atoms with Crippen molar-refractivity contribution in [1.29, 1.82) is 0 Å². The third kappa shape index (κ3) is 78.9. The van der Waals surface area contributed by atoms with E-state index in [4.69, 9.17) is 0 Å². The first kappa shape index (κ1) is 30.7. The molecule has 0 unspecified atom stereocenters. The molecule has 17 heavy (non-hydrogen) atoms. The van der Waals surface area contributed by atoms with Gasteiger partial charge in [-0.15, -0.1) is 0 Å². The van der Waals surface area contributed by atoms with Crippen molar-refractivity contribution in [2.75, 3.05) is 39.3 Å². The normalized spacial score (nSPS) is 7.41. The van der Waals surface area contributed by atoms with Crippen molar-refractivity contribution in [3.05, 3.63) is 16.0 Å². The van der Waals surface area contributed by atoms with Crippen LogP contribution in [0.3, 0.4) is 0 Å². The molecule has 0 bridgehead atoms. The summed E-state index contributed by atoms with van der Waals surface area (Å²) in [5, 5.41) is 11.9. The van der Waals surface area contributed by atoms with E-state index in [0.29, 0.717) is 0 Å². The van der Waals surface area contributed by atoms with Crippen LogP contribution in [0.25, 0.3) is 16.0 Å². The molecule has 0 heterocycles. The van der Waals surface area contributed by atoms with E-state index in [1.54, 1.807) is 0 Å². The van der Waals surface area contributed by atoms with E-state index in [-0.39, 0.29) is 34.1 Å². The van der Waals surface area contributed by atoms with E-state index in [2.05, 4.69) is 16.0 Å². The summed E-state index contributed by atoms with van der Waals surface area (Å²) in [5.41, 5.74) is 0. The van der Waals surface area contributed by atoms with E-state index >= 15 is 0 Å². The quantitative estimate of drug-likeness (QED) is 0.662. The predicted molar refractivity (Wildman–Crippen MR) is 73.3 cm³/mol. The SMILES string of the molecule is CC[N-]CC.CC[N-]CC.CC[N-]CC.[Cl-].[Ti+3]. The van der Waals surface area contributed by atoms with Gasteiger partial charge in [0.25, 0.3) is 0 Å². The minimum absolute atomic E-state index is 0. The van der Waals surface area contributed by atoms with Gasteiger partial charge in [-0.2, -0.15) is 39.3 Å². The molecule has 1 radical (unpaired) electrons.